The number of aromatic nitrogens is 25. The van der Waals surface area contributed by atoms with Gasteiger partial charge in [0.25, 0.3) is 11.2 Å². The molecule has 0 fully saturated rings. The Morgan fingerprint density at radius 2 is 0.611 bits per heavy atom. The van der Waals surface area contributed by atoms with Gasteiger partial charge in [-0.25, -0.2) is 37.8 Å². The molecule has 0 aliphatic rings. The van der Waals surface area contributed by atoms with E-state index < -0.39 is 0 Å². The van der Waals surface area contributed by atoms with Gasteiger partial charge < -0.3 is 18.3 Å². The third kappa shape index (κ3) is 38.8. The molecule has 0 N–H and O–H groups in total. The average molecular weight is 1320 g/mol. The van der Waals surface area contributed by atoms with E-state index in [0.29, 0.717) is 41.0 Å². The van der Waals surface area contributed by atoms with Gasteiger partial charge in [-0.05, 0) is 18.2 Å². The summed E-state index contributed by atoms with van der Waals surface area (Å²) < 4.78 is 17.9. The topological polar surface area (TPSA) is 299 Å². The molecule has 30 heteroatoms. The molecule has 0 saturated heterocycles. The lowest BCUT2D eigenvalue weighted by Gasteiger charge is -1.95. The van der Waals surface area contributed by atoms with Crippen LogP contribution >= 0.6 is 0 Å². The van der Waals surface area contributed by atoms with Crippen LogP contribution in [0.4, 0.5) is 29.7 Å². The maximum Gasteiger partial charge on any atom is 0.390 e. The fourth-order valence-electron chi connectivity index (χ4n) is 5.52. The van der Waals surface area contributed by atoms with E-state index in [2.05, 4.69) is 99.7 Å². The highest BCUT2D eigenvalue weighted by Gasteiger charge is 2.08. The number of hydrogen-bond acceptors (Lipinski definition) is 20. The fraction of sp³-hybridized carbons (Fsp3) is 0.462. The summed E-state index contributed by atoms with van der Waals surface area (Å²) in [6, 6.07) is 9.50. The van der Waals surface area contributed by atoms with Crippen molar-refractivity contribution in [2.45, 2.75) is 138 Å². The van der Waals surface area contributed by atoms with Gasteiger partial charge >= 0.3 is 29.7 Å². The third-order valence-electron chi connectivity index (χ3n) is 9.58. The van der Waals surface area contributed by atoms with Crippen molar-refractivity contribution in [2.24, 2.45) is 95.4 Å². The van der Waals surface area contributed by atoms with Crippen molar-refractivity contribution in [2.75, 3.05) is 0 Å². The molecular formula is C65H115N30+5. The zero-order valence-corrected chi connectivity index (χ0v) is 62.9. The molecule has 0 unspecified atom stereocenters. The minimum absolute atomic E-state index is 0.541. The summed E-state index contributed by atoms with van der Waals surface area (Å²) in [6.07, 6.45) is 32.8. The molecule has 0 amide bonds. The molecule has 0 atom stereocenters. The second kappa shape index (κ2) is 63.6. The number of rotatable bonds is 5. The highest BCUT2D eigenvalue weighted by molar-refractivity contribution is 5.05. The Kier molecular flexibility index (Phi) is 62.4. The summed E-state index contributed by atoms with van der Waals surface area (Å²) in [5.41, 5.74) is 3.53. The van der Waals surface area contributed by atoms with E-state index in [1.807, 2.05) is 276 Å². The lowest BCUT2D eigenvalue weighted by atomic mass is 10.5. The minimum atomic E-state index is 0.541. The van der Waals surface area contributed by atoms with Gasteiger partial charge in [0.1, 0.15) is 6.33 Å². The number of nitrogens with zero attached hydrogens (tertiary/aromatic N) is 30. The highest BCUT2D eigenvalue weighted by atomic mass is 15.2. The van der Waals surface area contributed by atoms with Crippen LogP contribution in [0.2, 0.25) is 0 Å². The second-order valence-electron chi connectivity index (χ2n) is 15.4. The van der Waals surface area contributed by atoms with Crippen LogP contribution in [0.1, 0.15) is 138 Å². The molecule has 520 valence electrons. The lowest BCUT2D eigenvalue weighted by Crippen LogP contribution is -2.31. The van der Waals surface area contributed by atoms with E-state index in [4.69, 9.17) is 0 Å². The molecule has 0 aliphatic carbocycles. The molecule has 10 heterocycles. The smallest absolute Gasteiger partial charge is 0.326 e. The van der Waals surface area contributed by atoms with Crippen LogP contribution in [0.5, 0.6) is 0 Å². The van der Waals surface area contributed by atoms with Crippen LogP contribution in [0.3, 0.4) is 0 Å². The van der Waals surface area contributed by atoms with Crippen molar-refractivity contribution in [3.8, 4) is 0 Å². The first-order chi connectivity index (χ1) is 46.4. The van der Waals surface area contributed by atoms with Gasteiger partial charge in [-0.3, -0.25) is 9.55 Å². The molecule has 0 radical (unpaired) electrons. The highest BCUT2D eigenvalue weighted by Crippen LogP contribution is 1.96. The first-order valence-corrected chi connectivity index (χ1v) is 32.2. The van der Waals surface area contributed by atoms with Gasteiger partial charge in [0.2, 0.25) is 37.1 Å². The van der Waals surface area contributed by atoms with Crippen LogP contribution in [0.15, 0.2) is 181 Å². The summed E-state index contributed by atoms with van der Waals surface area (Å²) in [4.78, 5) is 81.4. The molecule has 10 rings (SSSR count). The Morgan fingerprint density at radius 3 is 0.968 bits per heavy atom. The van der Waals surface area contributed by atoms with Gasteiger partial charge in [0.15, 0.2) is 42.6 Å². The molecule has 0 bridgehead atoms. The van der Waals surface area contributed by atoms with Crippen LogP contribution in [0.25, 0.3) is 0 Å². The third-order valence-corrected chi connectivity index (χ3v) is 9.58. The molecule has 0 saturated carbocycles. The fourth-order valence-corrected chi connectivity index (χ4v) is 5.52. The maximum atomic E-state index is 4.42. The number of pyridine rings is 1. The Hall–Kier alpha value is -10.6. The molecule has 10 aromatic rings. The van der Waals surface area contributed by atoms with Crippen LogP contribution in [-0.2, 0) is 70.5 Å². The normalized spacial score (nSPS) is 9.89. The predicted molar refractivity (Wildman–Crippen MR) is 372 cm³/mol. The number of hydrogen-bond donors (Lipinski definition) is 0. The second-order valence-corrected chi connectivity index (χ2v) is 15.4. The molecular weight excluding hydrogens is 1200 g/mol. The molecule has 10 aromatic heterocycles. The summed E-state index contributed by atoms with van der Waals surface area (Å²) in [5.74, 6) is 2.94. The Balaban J connectivity index is -0.000000332. The van der Waals surface area contributed by atoms with E-state index in [0.717, 1.165) is 16.5 Å². The van der Waals surface area contributed by atoms with Gasteiger partial charge in [0.05, 0.1) is 54.1 Å². The Labute approximate surface area is 565 Å². The first-order valence-electron chi connectivity index (χ1n) is 32.2. The molecule has 0 aromatic carbocycles. The Morgan fingerprint density at radius 1 is 0.274 bits per heavy atom. The predicted octanol–water partition coefficient (Wildman–Crippen LogP) is 6.60. The van der Waals surface area contributed by atoms with Gasteiger partial charge in [-0.15, -0.1) is 24.9 Å². The van der Waals surface area contributed by atoms with Crippen LogP contribution < -0.4 is 50.5 Å². The monoisotopic (exact) mass is 1320 g/mol. The van der Waals surface area contributed by atoms with Gasteiger partial charge in [0, 0.05) is 78.5 Å². The van der Waals surface area contributed by atoms with Crippen molar-refractivity contribution in [3.05, 3.63) is 184 Å². The van der Waals surface area contributed by atoms with Crippen molar-refractivity contribution < 1.29 is 22.8 Å². The zero-order valence-electron chi connectivity index (χ0n) is 62.9. The summed E-state index contributed by atoms with van der Waals surface area (Å²) in [7, 11) is 18.6. The average Bonchev–Trinajstić information content (AvgIpc) is 2.60. The van der Waals surface area contributed by atoms with Crippen LogP contribution in [-0.4, -0.2) is 97.6 Å². The largest absolute Gasteiger partial charge is 0.390 e. The maximum absolute atomic E-state index is 4.42. The molecule has 0 spiro atoms. The molecule has 0 aliphatic heterocycles. The summed E-state index contributed by atoms with van der Waals surface area (Å²) >= 11 is 0. The van der Waals surface area contributed by atoms with Crippen molar-refractivity contribution in [1.82, 2.24) is 97.6 Å². The van der Waals surface area contributed by atoms with Crippen molar-refractivity contribution in [1.29, 1.82) is 0 Å². The van der Waals surface area contributed by atoms with Gasteiger partial charge in [-0.2, -0.15) is 4.98 Å². The van der Waals surface area contributed by atoms with E-state index in [1.165, 1.54) is 38.0 Å². The van der Waals surface area contributed by atoms with Gasteiger partial charge in [-0.1, -0.05) is 194 Å². The summed E-state index contributed by atoms with van der Waals surface area (Å²) in [6.45, 7) is 40.0. The van der Waals surface area contributed by atoms with E-state index in [1.54, 1.807) is 96.5 Å². The van der Waals surface area contributed by atoms with E-state index >= 15 is 0 Å². The summed E-state index contributed by atoms with van der Waals surface area (Å²) in [5, 5.41) is 0. The standard InChI is InChI=1S/C10H12N5.3C9H11N6.C8H10N7.10C2H6/c1-14-6-4-3-5-9(14)13-10-12-7-11-8-15(10)2;1-14-4-3-10-5-8(14)13-9-12-6-11-7-15(9)2;1-14-6-10-4-3-8(14)13-9-12-5-11-7-15(9)2;1-14-5-3-4-11-8(14)13-9-12-6-10-7-15(9)2;1-14-5-9-3-11-7(14)13-8-12-4-10-6-15(8)2;10*1-2/h3-8H,1-2H3;3*3-7H,1-2H3;3-6H,1-2H3;10*1-2H3/q5*+1;;;;;;;;;;. The molecule has 30 nitrogen and oxygen atoms in total. The lowest BCUT2D eigenvalue weighted by molar-refractivity contribution is -0.664. The quantitative estimate of drug-likeness (QED) is 0.164. The Bertz CT molecular complexity index is 3240. The number of aryl methyl sites for hydroxylation is 10. The first kappa shape index (κ1) is 93.2. The van der Waals surface area contributed by atoms with E-state index in [9.17, 15) is 0 Å². The van der Waals surface area contributed by atoms with E-state index in [-0.39, 0.29) is 0 Å². The minimum Gasteiger partial charge on any atom is -0.326 e. The SMILES string of the molecule is CC.CC.CC.CC.CC.CC.CC.CC.CC.CC.Cn1ccccc1=Nc1ncnc[n+]1C.Cn1cccnc1=Nc1ncnc[n+]1C.Cn1ccncc1=Nc1ncnc[n+]1C.Cn1cnccc1=Nc1ncnc[n+]1C.Cn1cncnc1=Nc1ncnc[n+]1C. The molecule has 95 heavy (non-hydrogen) atoms. The van der Waals surface area contributed by atoms with Crippen molar-refractivity contribution >= 4 is 29.7 Å². The van der Waals surface area contributed by atoms with Crippen LogP contribution in [0, 0.1) is 0 Å². The van der Waals surface area contributed by atoms with Crippen molar-refractivity contribution in [3.63, 3.8) is 0 Å². The zero-order chi connectivity index (χ0) is 73.4.